The first kappa shape index (κ1) is 13.6. The van der Waals surface area contributed by atoms with Crippen molar-refractivity contribution in [3.8, 4) is 0 Å². The summed E-state index contributed by atoms with van der Waals surface area (Å²) in [5.74, 6) is -0.480. The molecule has 0 atom stereocenters. The maximum atomic E-state index is 12.9. The first-order valence-corrected chi connectivity index (χ1v) is 6.32. The van der Waals surface area contributed by atoms with E-state index in [1.807, 2.05) is 6.92 Å². The number of halogens is 2. The van der Waals surface area contributed by atoms with Crippen LogP contribution in [0.25, 0.3) is 0 Å². The van der Waals surface area contributed by atoms with Crippen LogP contribution in [0.5, 0.6) is 0 Å². The van der Waals surface area contributed by atoms with Crippen LogP contribution in [0.15, 0.2) is 48.5 Å². The first-order chi connectivity index (χ1) is 9.11. The van der Waals surface area contributed by atoms with E-state index in [-0.39, 0.29) is 11.7 Å². The molecule has 19 heavy (non-hydrogen) atoms. The predicted octanol–water partition coefficient (Wildman–Crippen LogP) is 4.15. The minimum absolute atomic E-state index is 0.156. The highest BCUT2D eigenvalue weighted by atomic mass is 35.5. The molecule has 0 aromatic heterocycles. The minimum Gasteiger partial charge on any atom is -0.309 e. The van der Waals surface area contributed by atoms with Gasteiger partial charge < -0.3 is 4.90 Å². The van der Waals surface area contributed by atoms with E-state index in [1.54, 1.807) is 41.3 Å². The molecule has 0 aliphatic heterocycles. The van der Waals surface area contributed by atoms with Gasteiger partial charge in [0.05, 0.1) is 0 Å². The Morgan fingerprint density at radius 3 is 2.47 bits per heavy atom. The zero-order valence-corrected chi connectivity index (χ0v) is 11.2. The summed E-state index contributed by atoms with van der Waals surface area (Å²) in [6, 6.07) is 12.6. The number of nitrogens with zero attached hydrogens (tertiary/aromatic N) is 1. The molecule has 1 amide bonds. The number of hydrogen-bond acceptors (Lipinski definition) is 1. The van der Waals surface area contributed by atoms with Gasteiger partial charge in [-0.2, -0.15) is 0 Å². The average molecular weight is 278 g/mol. The Morgan fingerprint density at radius 1 is 1.21 bits per heavy atom. The van der Waals surface area contributed by atoms with Gasteiger partial charge in [-0.3, -0.25) is 4.79 Å². The zero-order chi connectivity index (χ0) is 13.8. The third-order valence-electron chi connectivity index (χ3n) is 2.77. The molecule has 2 aromatic carbocycles. The summed E-state index contributed by atoms with van der Waals surface area (Å²) in [6.07, 6.45) is 0. The van der Waals surface area contributed by atoms with Crippen molar-refractivity contribution in [3.63, 3.8) is 0 Å². The third-order valence-corrected chi connectivity index (χ3v) is 3.01. The van der Waals surface area contributed by atoms with Crippen LogP contribution < -0.4 is 4.90 Å². The van der Waals surface area contributed by atoms with E-state index in [9.17, 15) is 9.18 Å². The Kier molecular flexibility index (Phi) is 4.17. The second-order valence-corrected chi connectivity index (χ2v) is 4.47. The lowest BCUT2D eigenvalue weighted by molar-refractivity contribution is 0.0988. The maximum absolute atomic E-state index is 12.9. The molecule has 0 aliphatic rings. The van der Waals surface area contributed by atoms with Gasteiger partial charge in [-0.05, 0) is 49.4 Å². The normalized spacial score (nSPS) is 10.3. The lowest BCUT2D eigenvalue weighted by Crippen LogP contribution is -2.30. The molecule has 0 N–H and O–H groups in total. The molecule has 0 heterocycles. The van der Waals surface area contributed by atoms with Crippen LogP contribution in [0.4, 0.5) is 10.1 Å². The van der Waals surface area contributed by atoms with Crippen LogP contribution in [-0.2, 0) is 0 Å². The Hall–Kier alpha value is -1.87. The van der Waals surface area contributed by atoms with Gasteiger partial charge in [0, 0.05) is 22.8 Å². The van der Waals surface area contributed by atoms with Crippen LogP contribution in [-0.4, -0.2) is 12.5 Å². The molecule has 0 bridgehead atoms. The second-order valence-electron chi connectivity index (χ2n) is 4.04. The largest absolute Gasteiger partial charge is 0.309 e. The number of amides is 1. The molecule has 0 unspecified atom stereocenters. The predicted molar refractivity (Wildman–Crippen MR) is 75.2 cm³/mol. The van der Waals surface area contributed by atoms with Crippen molar-refractivity contribution < 1.29 is 9.18 Å². The van der Waals surface area contributed by atoms with Crippen LogP contribution in [0.3, 0.4) is 0 Å². The van der Waals surface area contributed by atoms with E-state index in [2.05, 4.69) is 0 Å². The SMILES string of the molecule is CCN(C(=O)c1cccc(Cl)c1)c1ccc(F)cc1. The summed E-state index contributed by atoms with van der Waals surface area (Å²) >= 11 is 5.88. The Labute approximate surface area is 116 Å². The lowest BCUT2D eigenvalue weighted by atomic mass is 10.2. The number of carbonyl (C=O) groups is 1. The van der Waals surface area contributed by atoms with Crippen molar-refractivity contribution in [1.29, 1.82) is 0 Å². The van der Waals surface area contributed by atoms with E-state index in [0.717, 1.165) is 0 Å². The molecular formula is C15H13ClFNO. The molecule has 0 fully saturated rings. The van der Waals surface area contributed by atoms with E-state index in [0.29, 0.717) is 22.8 Å². The van der Waals surface area contributed by atoms with Crippen LogP contribution in [0.1, 0.15) is 17.3 Å². The minimum atomic E-state index is -0.324. The lowest BCUT2D eigenvalue weighted by Gasteiger charge is -2.21. The maximum Gasteiger partial charge on any atom is 0.258 e. The number of carbonyl (C=O) groups excluding carboxylic acids is 1. The van der Waals surface area contributed by atoms with Crippen molar-refractivity contribution in [2.45, 2.75) is 6.92 Å². The molecular weight excluding hydrogens is 265 g/mol. The summed E-state index contributed by atoms with van der Waals surface area (Å²) in [6.45, 7) is 2.36. The molecule has 98 valence electrons. The molecule has 0 aliphatic carbocycles. The van der Waals surface area contributed by atoms with E-state index < -0.39 is 0 Å². The molecule has 0 saturated carbocycles. The topological polar surface area (TPSA) is 20.3 Å². The summed E-state index contributed by atoms with van der Waals surface area (Å²) < 4.78 is 12.9. The van der Waals surface area contributed by atoms with Crippen LogP contribution in [0, 0.1) is 5.82 Å². The Bertz CT molecular complexity index is 583. The van der Waals surface area contributed by atoms with Gasteiger partial charge >= 0.3 is 0 Å². The smallest absolute Gasteiger partial charge is 0.258 e. The van der Waals surface area contributed by atoms with Gasteiger partial charge in [-0.1, -0.05) is 17.7 Å². The molecule has 2 rings (SSSR count). The van der Waals surface area contributed by atoms with Crippen molar-refractivity contribution >= 4 is 23.2 Å². The highest BCUT2D eigenvalue weighted by Crippen LogP contribution is 2.19. The van der Waals surface area contributed by atoms with Gasteiger partial charge in [0.25, 0.3) is 5.91 Å². The molecule has 0 spiro atoms. The fraction of sp³-hybridized carbons (Fsp3) is 0.133. The number of rotatable bonds is 3. The van der Waals surface area contributed by atoms with Crippen molar-refractivity contribution in [2.24, 2.45) is 0 Å². The quantitative estimate of drug-likeness (QED) is 0.825. The fourth-order valence-corrected chi connectivity index (χ4v) is 2.03. The Morgan fingerprint density at radius 2 is 1.89 bits per heavy atom. The number of hydrogen-bond donors (Lipinski definition) is 0. The van der Waals surface area contributed by atoms with Crippen LogP contribution >= 0.6 is 11.6 Å². The highest BCUT2D eigenvalue weighted by molar-refractivity contribution is 6.31. The Balaban J connectivity index is 2.31. The van der Waals surface area contributed by atoms with Crippen molar-refractivity contribution in [3.05, 3.63) is 64.9 Å². The fourth-order valence-electron chi connectivity index (χ4n) is 1.84. The van der Waals surface area contributed by atoms with Gasteiger partial charge in [0.2, 0.25) is 0 Å². The van der Waals surface area contributed by atoms with E-state index in [4.69, 9.17) is 11.6 Å². The van der Waals surface area contributed by atoms with Crippen molar-refractivity contribution in [1.82, 2.24) is 0 Å². The first-order valence-electron chi connectivity index (χ1n) is 5.95. The average Bonchev–Trinajstić information content (AvgIpc) is 2.41. The molecule has 2 aromatic rings. The van der Waals surface area contributed by atoms with Crippen molar-refractivity contribution in [2.75, 3.05) is 11.4 Å². The zero-order valence-electron chi connectivity index (χ0n) is 10.4. The van der Waals surface area contributed by atoms with Crippen LogP contribution in [0.2, 0.25) is 5.02 Å². The molecule has 0 saturated heterocycles. The number of benzene rings is 2. The van der Waals surface area contributed by atoms with Gasteiger partial charge in [0.15, 0.2) is 0 Å². The monoisotopic (exact) mass is 277 g/mol. The van der Waals surface area contributed by atoms with Gasteiger partial charge in [-0.15, -0.1) is 0 Å². The summed E-state index contributed by atoms with van der Waals surface area (Å²) in [7, 11) is 0. The van der Waals surface area contributed by atoms with Gasteiger partial charge in [-0.25, -0.2) is 4.39 Å². The van der Waals surface area contributed by atoms with E-state index in [1.165, 1.54) is 12.1 Å². The standard InChI is InChI=1S/C15H13ClFNO/c1-2-18(14-8-6-13(17)7-9-14)15(19)11-4-3-5-12(16)10-11/h3-10H,2H2,1H3. The third kappa shape index (κ3) is 3.12. The molecule has 2 nitrogen and oxygen atoms in total. The number of anilines is 1. The summed E-state index contributed by atoms with van der Waals surface area (Å²) in [5, 5.41) is 0.515. The molecule has 0 radical (unpaired) electrons. The molecule has 4 heteroatoms. The summed E-state index contributed by atoms with van der Waals surface area (Å²) in [5.41, 5.74) is 1.17. The van der Waals surface area contributed by atoms with E-state index >= 15 is 0 Å². The summed E-state index contributed by atoms with van der Waals surface area (Å²) in [4.78, 5) is 14.0. The second kappa shape index (κ2) is 5.85. The highest BCUT2D eigenvalue weighted by Gasteiger charge is 2.16. The van der Waals surface area contributed by atoms with Gasteiger partial charge in [0.1, 0.15) is 5.82 Å².